The first-order valence-corrected chi connectivity index (χ1v) is 8.48. The van der Waals surface area contributed by atoms with E-state index in [-0.39, 0.29) is 0 Å². The van der Waals surface area contributed by atoms with Gasteiger partial charge in [0.05, 0.1) is 0 Å². The van der Waals surface area contributed by atoms with Crippen LogP contribution in [0.15, 0.2) is 72.6 Å². The number of benzene rings is 1. The SMILES string of the molecule is C=C/C=C(\C=C(C)C)c1cccc(C2=CPC(C)C=C2)c1. The molecule has 1 aromatic rings. The first-order valence-electron chi connectivity index (χ1n) is 7.33. The van der Waals surface area contributed by atoms with Crippen molar-refractivity contribution < 1.29 is 0 Å². The number of allylic oxidation sites excluding steroid dienone is 8. The third kappa shape index (κ3) is 4.41. The molecule has 1 heteroatoms. The predicted octanol–water partition coefficient (Wildman–Crippen LogP) is 6.20. The molecule has 0 aromatic heterocycles. The van der Waals surface area contributed by atoms with Crippen molar-refractivity contribution in [2.24, 2.45) is 0 Å². The van der Waals surface area contributed by atoms with Gasteiger partial charge in [-0.2, -0.15) is 0 Å². The van der Waals surface area contributed by atoms with Crippen molar-refractivity contribution in [1.29, 1.82) is 0 Å². The van der Waals surface area contributed by atoms with E-state index < -0.39 is 0 Å². The van der Waals surface area contributed by atoms with E-state index in [2.05, 4.69) is 81.7 Å². The van der Waals surface area contributed by atoms with Crippen LogP contribution >= 0.6 is 8.58 Å². The lowest BCUT2D eigenvalue weighted by molar-refractivity contribution is 1.24. The second-order valence-corrected chi connectivity index (χ2v) is 7.11. The van der Waals surface area contributed by atoms with Crippen LogP contribution < -0.4 is 0 Å². The molecule has 0 radical (unpaired) electrons. The number of rotatable bonds is 4. The molecular weight excluding hydrogens is 271 g/mol. The maximum absolute atomic E-state index is 3.83. The lowest BCUT2D eigenvalue weighted by Gasteiger charge is -2.13. The first-order chi connectivity index (χ1) is 10.1. The van der Waals surface area contributed by atoms with Gasteiger partial charge in [0.15, 0.2) is 0 Å². The van der Waals surface area contributed by atoms with Gasteiger partial charge in [0.2, 0.25) is 0 Å². The molecule has 108 valence electrons. The third-order valence-electron chi connectivity index (χ3n) is 3.34. The molecule has 0 bridgehead atoms. The fourth-order valence-electron chi connectivity index (χ4n) is 2.30. The van der Waals surface area contributed by atoms with Crippen molar-refractivity contribution >= 4 is 19.7 Å². The van der Waals surface area contributed by atoms with E-state index in [4.69, 9.17) is 0 Å². The molecule has 0 N–H and O–H groups in total. The third-order valence-corrected chi connectivity index (χ3v) is 4.53. The van der Waals surface area contributed by atoms with Gasteiger partial charge >= 0.3 is 0 Å². The van der Waals surface area contributed by atoms with Gasteiger partial charge in [-0.15, -0.1) is 0 Å². The van der Waals surface area contributed by atoms with Crippen LogP contribution in [0.5, 0.6) is 0 Å². The summed E-state index contributed by atoms with van der Waals surface area (Å²) >= 11 is 0. The van der Waals surface area contributed by atoms with Crippen molar-refractivity contribution in [1.82, 2.24) is 0 Å². The molecule has 0 nitrogen and oxygen atoms in total. The Hall–Kier alpha value is -1.65. The Kier molecular flexibility index (Phi) is 5.53. The highest BCUT2D eigenvalue weighted by Crippen LogP contribution is 2.33. The smallest absolute Gasteiger partial charge is 0.00473 e. The highest BCUT2D eigenvalue weighted by molar-refractivity contribution is 7.43. The lowest BCUT2D eigenvalue weighted by Crippen LogP contribution is -1.92. The Bertz CT molecular complexity index is 638. The Morgan fingerprint density at radius 2 is 2.10 bits per heavy atom. The van der Waals surface area contributed by atoms with Gasteiger partial charge < -0.3 is 0 Å². The van der Waals surface area contributed by atoms with Crippen LogP contribution in [0, 0.1) is 0 Å². The van der Waals surface area contributed by atoms with E-state index >= 15 is 0 Å². The maximum atomic E-state index is 3.83. The maximum Gasteiger partial charge on any atom is -0.00473 e. The normalized spacial score (nSPS) is 19.3. The van der Waals surface area contributed by atoms with Crippen LogP contribution in [0.1, 0.15) is 31.9 Å². The Morgan fingerprint density at radius 3 is 2.71 bits per heavy atom. The van der Waals surface area contributed by atoms with Crippen molar-refractivity contribution in [2.75, 3.05) is 0 Å². The van der Waals surface area contributed by atoms with E-state index in [0.717, 1.165) is 8.58 Å². The van der Waals surface area contributed by atoms with Gasteiger partial charge in [-0.3, -0.25) is 0 Å². The fourth-order valence-corrected chi connectivity index (χ4v) is 3.21. The summed E-state index contributed by atoms with van der Waals surface area (Å²) in [5.41, 5.74) is 7.05. The first kappa shape index (κ1) is 15.7. The minimum Gasteiger partial charge on any atom is -0.0990 e. The Balaban J connectivity index is 2.37. The Labute approximate surface area is 130 Å². The highest BCUT2D eigenvalue weighted by atomic mass is 31.1. The highest BCUT2D eigenvalue weighted by Gasteiger charge is 2.07. The second-order valence-electron chi connectivity index (χ2n) is 5.57. The molecule has 1 aliphatic rings. The van der Waals surface area contributed by atoms with Gasteiger partial charge in [0.1, 0.15) is 0 Å². The van der Waals surface area contributed by atoms with E-state index in [9.17, 15) is 0 Å². The molecule has 0 saturated carbocycles. The van der Waals surface area contributed by atoms with E-state index in [0.29, 0.717) is 5.66 Å². The summed E-state index contributed by atoms with van der Waals surface area (Å²) in [5, 5.41) is 0. The minimum absolute atomic E-state index is 0.679. The van der Waals surface area contributed by atoms with Crippen LogP contribution in [-0.4, -0.2) is 5.66 Å². The molecule has 0 saturated heterocycles. The van der Waals surface area contributed by atoms with E-state index in [1.54, 1.807) is 0 Å². The second kappa shape index (κ2) is 7.38. The number of hydrogen-bond donors (Lipinski definition) is 0. The zero-order valence-electron chi connectivity index (χ0n) is 13.1. The van der Waals surface area contributed by atoms with Gasteiger partial charge in [0.25, 0.3) is 0 Å². The topological polar surface area (TPSA) is 0 Å². The van der Waals surface area contributed by atoms with Crippen LogP contribution in [-0.2, 0) is 0 Å². The van der Waals surface area contributed by atoms with Gasteiger partial charge in [0, 0.05) is 0 Å². The van der Waals surface area contributed by atoms with Crippen molar-refractivity contribution in [3.63, 3.8) is 0 Å². The number of hydrogen-bond acceptors (Lipinski definition) is 0. The molecule has 0 fully saturated rings. The predicted molar refractivity (Wildman–Crippen MR) is 98.9 cm³/mol. The molecule has 2 rings (SSSR count). The summed E-state index contributed by atoms with van der Waals surface area (Å²) in [5.74, 6) is 2.36. The summed E-state index contributed by atoms with van der Waals surface area (Å²) in [7, 11) is 0.878. The molecular formula is C20H23P. The monoisotopic (exact) mass is 294 g/mol. The summed E-state index contributed by atoms with van der Waals surface area (Å²) in [4.78, 5) is 0. The van der Waals surface area contributed by atoms with Crippen molar-refractivity contribution in [3.05, 3.63) is 83.7 Å². The molecule has 1 aliphatic heterocycles. The van der Waals surface area contributed by atoms with Crippen LogP contribution in [0.3, 0.4) is 0 Å². The molecule has 0 spiro atoms. The van der Waals surface area contributed by atoms with Crippen molar-refractivity contribution in [2.45, 2.75) is 26.4 Å². The van der Waals surface area contributed by atoms with Crippen LogP contribution in [0.4, 0.5) is 0 Å². The molecule has 0 amide bonds. The average Bonchev–Trinajstić information content (AvgIpc) is 2.47. The molecule has 2 unspecified atom stereocenters. The zero-order chi connectivity index (χ0) is 15.2. The van der Waals surface area contributed by atoms with E-state index in [1.807, 2.05) is 6.08 Å². The van der Waals surface area contributed by atoms with Crippen LogP contribution in [0.25, 0.3) is 11.1 Å². The van der Waals surface area contributed by atoms with Crippen LogP contribution in [0.2, 0.25) is 0 Å². The Morgan fingerprint density at radius 1 is 1.29 bits per heavy atom. The molecule has 0 aliphatic carbocycles. The molecule has 1 heterocycles. The van der Waals surface area contributed by atoms with Gasteiger partial charge in [-0.25, -0.2) is 0 Å². The summed E-state index contributed by atoms with van der Waals surface area (Å²) < 4.78 is 0. The van der Waals surface area contributed by atoms with Gasteiger partial charge in [-0.05, 0) is 47.8 Å². The van der Waals surface area contributed by atoms with Gasteiger partial charge in [-0.1, -0.05) is 82.1 Å². The fraction of sp³-hybridized carbons (Fsp3) is 0.200. The summed E-state index contributed by atoms with van der Waals surface area (Å²) in [6.07, 6.45) is 10.7. The molecule has 2 atom stereocenters. The average molecular weight is 294 g/mol. The lowest BCUT2D eigenvalue weighted by atomic mass is 9.98. The summed E-state index contributed by atoms with van der Waals surface area (Å²) in [6, 6.07) is 8.76. The minimum atomic E-state index is 0.679. The zero-order valence-corrected chi connectivity index (χ0v) is 14.1. The summed E-state index contributed by atoms with van der Waals surface area (Å²) in [6.45, 7) is 10.3. The molecule has 1 aromatic carbocycles. The largest absolute Gasteiger partial charge is 0.0990 e. The van der Waals surface area contributed by atoms with E-state index in [1.165, 1.54) is 27.8 Å². The molecule has 21 heavy (non-hydrogen) atoms. The quantitative estimate of drug-likeness (QED) is 0.458. The van der Waals surface area contributed by atoms with Crippen molar-refractivity contribution in [3.8, 4) is 0 Å². The standard InChI is InChI=1S/C20H23P/c1-5-7-17(12-15(2)3)18-8-6-9-19(13-18)20-11-10-16(4)21-14-20/h5-14,16,21H,1H2,2-4H3/b17-7+.